The fourth-order valence-electron chi connectivity index (χ4n) is 4.76. The first-order valence-corrected chi connectivity index (χ1v) is 17.6. The first-order chi connectivity index (χ1) is 20.0. The lowest BCUT2D eigenvalue weighted by atomic mass is 10.0. The molecule has 0 N–H and O–H groups in total. The molecule has 0 atom stereocenters. The van der Waals surface area contributed by atoms with E-state index in [1.54, 1.807) is 6.92 Å². The highest BCUT2D eigenvalue weighted by Gasteiger charge is 2.01. The van der Waals surface area contributed by atoms with Crippen LogP contribution in [0, 0.1) is 0 Å². The molecule has 0 aliphatic heterocycles. The lowest BCUT2D eigenvalue weighted by molar-refractivity contribution is -0.139. The molecule has 0 aromatic carbocycles. The summed E-state index contributed by atoms with van der Waals surface area (Å²) in [7, 11) is 0. The van der Waals surface area contributed by atoms with Gasteiger partial charge in [0, 0.05) is 11.6 Å². The van der Waals surface area contributed by atoms with Crippen molar-refractivity contribution in [3.8, 4) is 0 Å². The molecule has 0 bridgehead atoms. The van der Waals surface area contributed by atoms with Gasteiger partial charge in [-0.25, -0.2) is 9.59 Å². The van der Waals surface area contributed by atoms with E-state index in [2.05, 4.69) is 27.0 Å². The van der Waals surface area contributed by atoms with E-state index in [0.717, 1.165) is 12.8 Å². The molecule has 0 radical (unpaired) electrons. The first kappa shape index (κ1) is 41.6. The molecule has 0 amide bonds. The van der Waals surface area contributed by atoms with Crippen LogP contribution in [0.4, 0.5) is 0 Å². The molecule has 0 spiro atoms. The van der Waals surface area contributed by atoms with Crippen LogP contribution in [-0.4, -0.2) is 25.2 Å². The molecule has 0 rings (SSSR count). The lowest BCUT2D eigenvalue weighted by Gasteiger charge is -2.04. The third-order valence-electron chi connectivity index (χ3n) is 7.49. The fraction of sp³-hybridized carbons (Fsp3) is 0.838. The molecule has 4 heteroatoms. The van der Waals surface area contributed by atoms with E-state index in [1.807, 2.05) is 0 Å². The number of carbonyl (C=O) groups excluding carboxylic acids is 2. The Balaban J connectivity index is 0. The largest absolute Gasteiger partial charge is 0.463 e. The van der Waals surface area contributed by atoms with Gasteiger partial charge in [0.15, 0.2) is 0 Å². The third kappa shape index (κ3) is 38.4. The van der Waals surface area contributed by atoms with Gasteiger partial charge >= 0.3 is 11.9 Å². The molecule has 0 aliphatic carbocycles. The standard InChI is InChI=1S/C21H40O2.C16H30O2/c1-3-5-6-7-8-9-10-11-12-13-14-15-16-17-18-19-20-23-21(22)4-2;1-4-5-6-7-8-9-10-11-12-13-14-18-16(17)15(2)3/h4H,2-3,5-20H2,1H3;2,4-14H2,1,3H3. The minimum absolute atomic E-state index is 0.258. The van der Waals surface area contributed by atoms with Crippen LogP contribution >= 0.6 is 0 Å². The fourth-order valence-corrected chi connectivity index (χ4v) is 4.76. The minimum atomic E-state index is -0.300. The van der Waals surface area contributed by atoms with Gasteiger partial charge in [-0.2, -0.15) is 0 Å². The summed E-state index contributed by atoms with van der Waals surface area (Å²) in [5.41, 5.74) is 0.488. The highest BCUT2D eigenvalue weighted by Crippen LogP contribution is 2.14. The second-order valence-corrected chi connectivity index (χ2v) is 11.8. The number of carbonyl (C=O) groups is 2. The Kier molecular flexibility index (Phi) is 36.9. The molecule has 4 nitrogen and oxygen atoms in total. The average Bonchev–Trinajstić information content (AvgIpc) is 2.97. The summed E-state index contributed by atoms with van der Waals surface area (Å²) in [6.45, 7) is 14.2. The Morgan fingerprint density at radius 1 is 0.488 bits per heavy atom. The van der Waals surface area contributed by atoms with Crippen molar-refractivity contribution in [2.75, 3.05) is 13.2 Å². The normalized spacial score (nSPS) is 10.5. The minimum Gasteiger partial charge on any atom is -0.463 e. The summed E-state index contributed by atoms with van der Waals surface area (Å²) in [5, 5.41) is 0. The van der Waals surface area contributed by atoms with E-state index in [9.17, 15) is 9.59 Å². The monoisotopic (exact) mass is 579 g/mol. The van der Waals surface area contributed by atoms with E-state index in [1.165, 1.54) is 160 Å². The molecule has 0 aromatic rings. The van der Waals surface area contributed by atoms with Crippen LogP contribution in [-0.2, 0) is 19.1 Å². The van der Waals surface area contributed by atoms with Crippen molar-refractivity contribution in [2.24, 2.45) is 0 Å². The molecule has 0 unspecified atom stereocenters. The number of unbranched alkanes of at least 4 members (excludes halogenated alkanes) is 24. The zero-order valence-electron chi connectivity index (χ0n) is 27.9. The van der Waals surface area contributed by atoms with Crippen molar-refractivity contribution >= 4 is 11.9 Å². The van der Waals surface area contributed by atoms with Crippen LogP contribution in [0.3, 0.4) is 0 Å². The van der Waals surface area contributed by atoms with E-state index in [-0.39, 0.29) is 11.9 Å². The molecular formula is C37H70O4. The predicted molar refractivity (Wildman–Crippen MR) is 178 cm³/mol. The van der Waals surface area contributed by atoms with Gasteiger partial charge in [-0.15, -0.1) is 0 Å². The SMILES string of the molecule is C=C(C)C(=O)OCCCCCCCCCCCC.C=CC(=O)OCCCCCCCCCCCCCCCCCC. The molecule has 0 fully saturated rings. The zero-order valence-corrected chi connectivity index (χ0v) is 27.9. The lowest BCUT2D eigenvalue weighted by Crippen LogP contribution is -2.05. The Labute approximate surface area is 256 Å². The Morgan fingerprint density at radius 2 is 0.756 bits per heavy atom. The molecule has 0 saturated heterocycles. The van der Waals surface area contributed by atoms with Crippen LogP contribution in [0.1, 0.15) is 188 Å². The van der Waals surface area contributed by atoms with E-state index in [4.69, 9.17) is 9.47 Å². The molecule has 0 aromatic heterocycles. The zero-order chi connectivity index (χ0) is 30.7. The van der Waals surface area contributed by atoms with Gasteiger partial charge in [0.25, 0.3) is 0 Å². The van der Waals surface area contributed by atoms with E-state index >= 15 is 0 Å². The van der Waals surface area contributed by atoms with Crippen molar-refractivity contribution in [3.05, 3.63) is 24.8 Å². The van der Waals surface area contributed by atoms with Gasteiger partial charge in [0.05, 0.1) is 13.2 Å². The van der Waals surface area contributed by atoms with Crippen molar-refractivity contribution < 1.29 is 19.1 Å². The Hall–Kier alpha value is -1.58. The highest BCUT2D eigenvalue weighted by molar-refractivity contribution is 5.86. The van der Waals surface area contributed by atoms with Gasteiger partial charge in [0.1, 0.15) is 0 Å². The molecule has 0 aliphatic rings. The molecule has 41 heavy (non-hydrogen) atoms. The summed E-state index contributed by atoms with van der Waals surface area (Å²) in [4.78, 5) is 21.9. The van der Waals surface area contributed by atoms with Gasteiger partial charge in [0.2, 0.25) is 0 Å². The van der Waals surface area contributed by atoms with Crippen molar-refractivity contribution in [2.45, 2.75) is 188 Å². The van der Waals surface area contributed by atoms with Crippen LogP contribution in [0.25, 0.3) is 0 Å². The Morgan fingerprint density at radius 3 is 1.02 bits per heavy atom. The number of hydrogen-bond acceptors (Lipinski definition) is 4. The van der Waals surface area contributed by atoms with Gasteiger partial charge < -0.3 is 9.47 Å². The van der Waals surface area contributed by atoms with E-state index < -0.39 is 0 Å². The van der Waals surface area contributed by atoms with Crippen LogP contribution in [0.2, 0.25) is 0 Å². The smallest absolute Gasteiger partial charge is 0.333 e. The molecular weight excluding hydrogens is 508 g/mol. The van der Waals surface area contributed by atoms with Gasteiger partial charge in [-0.1, -0.05) is 181 Å². The summed E-state index contributed by atoms with van der Waals surface area (Å²) < 4.78 is 9.99. The van der Waals surface area contributed by atoms with Crippen LogP contribution < -0.4 is 0 Å². The van der Waals surface area contributed by atoms with Crippen molar-refractivity contribution in [1.82, 2.24) is 0 Å². The molecule has 0 heterocycles. The summed E-state index contributed by atoms with van der Waals surface area (Å²) in [6, 6.07) is 0. The first-order valence-electron chi connectivity index (χ1n) is 17.6. The number of esters is 2. The molecule has 242 valence electrons. The second kappa shape index (κ2) is 36.4. The summed E-state index contributed by atoms with van der Waals surface area (Å²) in [6.07, 6.45) is 35.9. The van der Waals surface area contributed by atoms with Crippen molar-refractivity contribution in [3.63, 3.8) is 0 Å². The molecule has 0 saturated carbocycles. The quantitative estimate of drug-likeness (QED) is 0.0483. The topological polar surface area (TPSA) is 52.6 Å². The van der Waals surface area contributed by atoms with Gasteiger partial charge in [-0.3, -0.25) is 0 Å². The third-order valence-corrected chi connectivity index (χ3v) is 7.49. The second-order valence-electron chi connectivity index (χ2n) is 11.8. The number of ether oxygens (including phenoxy) is 2. The summed E-state index contributed by atoms with van der Waals surface area (Å²) >= 11 is 0. The van der Waals surface area contributed by atoms with Crippen LogP contribution in [0.15, 0.2) is 24.8 Å². The van der Waals surface area contributed by atoms with Gasteiger partial charge in [-0.05, 0) is 19.8 Å². The van der Waals surface area contributed by atoms with E-state index in [0.29, 0.717) is 18.8 Å². The van der Waals surface area contributed by atoms with Crippen LogP contribution in [0.5, 0.6) is 0 Å². The maximum Gasteiger partial charge on any atom is 0.333 e. The predicted octanol–water partition coefficient (Wildman–Crippen LogP) is 12.0. The Bertz CT molecular complexity index is 583. The highest BCUT2D eigenvalue weighted by atomic mass is 16.5. The summed E-state index contributed by atoms with van der Waals surface area (Å²) in [5.74, 6) is -0.558. The number of rotatable bonds is 30. The average molecular weight is 579 g/mol. The number of hydrogen-bond donors (Lipinski definition) is 0. The van der Waals surface area contributed by atoms with Crippen molar-refractivity contribution in [1.29, 1.82) is 0 Å². The maximum atomic E-state index is 11.1. The maximum absolute atomic E-state index is 11.1.